The molecule has 0 radical (unpaired) electrons. The lowest BCUT2D eigenvalue weighted by Crippen LogP contribution is -2.85. The zero-order valence-electron chi connectivity index (χ0n) is 16.2. The maximum Gasteiger partial charge on any atom is 0.333 e. The van der Waals surface area contributed by atoms with Crippen molar-refractivity contribution in [3.8, 4) is 6.07 Å². The standard InChI is InChI=1S/C20H25NO6/c1-6-27-17(22)18(14-21)16(13-12-15-10-8-7-9-11-15)19(23-2,24-3)20(18,25-4)26-5/h7-13,16H,6H2,1-5H3/b13-12-/t16-,18+/m0/s1. The molecule has 0 aromatic heterocycles. The number of hydrogen-bond acceptors (Lipinski definition) is 7. The van der Waals surface area contributed by atoms with E-state index in [1.54, 1.807) is 19.1 Å². The van der Waals surface area contributed by atoms with Gasteiger partial charge in [-0.15, -0.1) is 0 Å². The third-order valence-electron chi connectivity index (χ3n) is 5.09. The van der Waals surface area contributed by atoms with E-state index in [0.29, 0.717) is 0 Å². The van der Waals surface area contributed by atoms with Crippen LogP contribution in [-0.2, 0) is 28.5 Å². The topological polar surface area (TPSA) is 87.0 Å². The molecule has 0 saturated heterocycles. The van der Waals surface area contributed by atoms with E-state index >= 15 is 0 Å². The Bertz CT molecular complexity index is 718. The van der Waals surface area contributed by atoms with Crippen molar-refractivity contribution in [1.82, 2.24) is 0 Å². The number of hydrogen-bond donors (Lipinski definition) is 0. The highest BCUT2D eigenvalue weighted by atomic mass is 16.8. The van der Waals surface area contributed by atoms with Crippen molar-refractivity contribution in [2.75, 3.05) is 35.0 Å². The molecule has 1 saturated carbocycles. The predicted molar refractivity (Wildman–Crippen MR) is 97.1 cm³/mol. The minimum absolute atomic E-state index is 0.105. The quantitative estimate of drug-likeness (QED) is 0.509. The van der Waals surface area contributed by atoms with Gasteiger partial charge in [-0.25, -0.2) is 0 Å². The molecule has 0 aliphatic heterocycles. The number of nitrogens with zero attached hydrogens (tertiary/aromatic N) is 1. The summed E-state index contributed by atoms with van der Waals surface area (Å²) in [5.74, 6) is -4.94. The highest BCUT2D eigenvalue weighted by Gasteiger charge is 2.88. The molecular formula is C20H25NO6. The number of methoxy groups -OCH3 is 4. The Kier molecular flexibility index (Phi) is 6.39. The Labute approximate surface area is 159 Å². The van der Waals surface area contributed by atoms with E-state index in [1.807, 2.05) is 30.3 Å². The Morgan fingerprint density at radius 3 is 2.15 bits per heavy atom. The van der Waals surface area contributed by atoms with Gasteiger partial charge >= 0.3 is 5.97 Å². The molecule has 1 aliphatic carbocycles. The predicted octanol–water partition coefficient (Wildman–Crippen LogP) is 2.38. The maximum atomic E-state index is 12.9. The molecule has 0 unspecified atom stereocenters. The second-order valence-electron chi connectivity index (χ2n) is 5.99. The summed E-state index contributed by atoms with van der Waals surface area (Å²) >= 11 is 0. The first-order chi connectivity index (χ1) is 13.0. The van der Waals surface area contributed by atoms with Crippen LogP contribution >= 0.6 is 0 Å². The van der Waals surface area contributed by atoms with Gasteiger partial charge in [0.05, 0.1) is 18.6 Å². The molecule has 0 bridgehead atoms. The van der Waals surface area contributed by atoms with Gasteiger partial charge in [0.1, 0.15) is 0 Å². The fourth-order valence-electron chi connectivity index (χ4n) is 3.92. The summed E-state index contributed by atoms with van der Waals surface area (Å²) in [5.41, 5.74) is -0.925. The molecular weight excluding hydrogens is 350 g/mol. The molecule has 7 nitrogen and oxygen atoms in total. The van der Waals surface area contributed by atoms with Gasteiger partial charge in [0.15, 0.2) is 0 Å². The van der Waals surface area contributed by atoms with E-state index in [9.17, 15) is 10.1 Å². The Hall–Kier alpha value is -2.24. The van der Waals surface area contributed by atoms with Crippen LogP contribution in [0.4, 0.5) is 0 Å². The van der Waals surface area contributed by atoms with Crippen LogP contribution in [0.15, 0.2) is 36.4 Å². The van der Waals surface area contributed by atoms with Crippen LogP contribution in [-0.4, -0.2) is 52.6 Å². The molecule has 0 N–H and O–H groups in total. The van der Waals surface area contributed by atoms with Gasteiger partial charge in [0, 0.05) is 28.4 Å². The third kappa shape index (κ3) is 2.68. The lowest BCUT2D eigenvalue weighted by molar-refractivity contribution is -0.492. The van der Waals surface area contributed by atoms with Crippen LogP contribution in [0.1, 0.15) is 12.5 Å². The first-order valence-corrected chi connectivity index (χ1v) is 8.52. The first kappa shape index (κ1) is 21.1. The number of rotatable bonds is 8. The summed E-state index contributed by atoms with van der Waals surface area (Å²) in [5, 5.41) is 10.1. The van der Waals surface area contributed by atoms with Gasteiger partial charge in [0.2, 0.25) is 11.2 Å². The van der Waals surface area contributed by atoms with Gasteiger partial charge in [0.25, 0.3) is 5.79 Å². The van der Waals surface area contributed by atoms with E-state index in [-0.39, 0.29) is 6.61 Å². The Balaban J connectivity index is 2.65. The van der Waals surface area contributed by atoms with E-state index in [4.69, 9.17) is 23.7 Å². The van der Waals surface area contributed by atoms with Gasteiger partial charge in [-0.1, -0.05) is 42.5 Å². The molecule has 0 spiro atoms. The van der Waals surface area contributed by atoms with E-state index in [0.717, 1.165) is 5.56 Å². The smallest absolute Gasteiger partial charge is 0.333 e. The van der Waals surface area contributed by atoms with E-state index < -0.39 is 28.9 Å². The van der Waals surface area contributed by atoms with Crippen LogP contribution < -0.4 is 0 Å². The van der Waals surface area contributed by atoms with Crippen molar-refractivity contribution in [2.45, 2.75) is 18.5 Å². The minimum Gasteiger partial charge on any atom is -0.465 e. The van der Waals surface area contributed by atoms with E-state index in [2.05, 4.69) is 6.07 Å². The molecule has 2 atom stereocenters. The summed E-state index contributed by atoms with van der Waals surface area (Å²) < 4.78 is 27.5. The number of ether oxygens (including phenoxy) is 5. The molecule has 1 fully saturated rings. The van der Waals surface area contributed by atoms with E-state index in [1.165, 1.54) is 28.4 Å². The molecule has 0 heterocycles. The summed E-state index contributed by atoms with van der Waals surface area (Å²) in [6.07, 6.45) is 3.48. The van der Waals surface area contributed by atoms with Crippen molar-refractivity contribution in [2.24, 2.45) is 11.3 Å². The average Bonchev–Trinajstić information content (AvgIpc) is 2.70. The second kappa shape index (κ2) is 8.19. The van der Waals surface area contributed by atoms with Crippen molar-refractivity contribution in [3.05, 3.63) is 42.0 Å². The van der Waals surface area contributed by atoms with Gasteiger partial charge < -0.3 is 23.7 Å². The average molecular weight is 375 g/mol. The lowest BCUT2D eigenvalue weighted by Gasteiger charge is -2.65. The SMILES string of the molecule is CCOC(=O)[C@@]1(C#N)[C@H](/C=C\c2ccccc2)C(OC)(OC)C1(OC)OC. The van der Waals surface area contributed by atoms with Crippen LogP contribution in [0.3, 0.4) is 0 Å². The number of carbonyl (C=O) groups excluding carboxylic acids is 1. The summed E-state index contributed by atoms with van der Waals surface area (Å²) in [6, 6.07) is 11.5. The third-order valence-corrected chi connectivity index (χ3v) is 5.09. The number of carbonyl (C=O) groups is 1. The monoisotopic (exact) mass is 375 g/mol. The maximum absolute atomic E-state index is 12.9. The molecule has 7 heteroatoms. The Morgan fingerprint density at radius 2 is 1.70 bits per heavy atom. The van der Waals surface area contributed by atoms with Gasteiger partial charge in [-0.05, 0) is 12.5 Å². The fraction of sp³-hybridized carbons (Fsp3) is 0.500. The zero-order valence-corrected chi connectivity index (χ0v) is 16.2. The van der Waals surface area contributed by atoms with Crippen molar-refractivity contribution in [1.29, 1.82) is 5.26 Å². The molecule has 1 aromatic carbocycles. The van der Waals surface area contributed by atoms with Crippen LogP contribution in [0, 0.1) is 22.7 Å². The highest BCUT2D eigenvalue weighted by molar-refractivity contribution is 5.85. The van der Waals surface area contributed by atoms with Gasteiger partial charge in [-0.3, -0.25) is 4.79 Å². The number of nitriles is 1. The second-order valence-corrected chi connectivity index (χ2v) is 5.99. The lowest BCUT2D eigenvalue weighted by atomic mass is 9.50. The highest BCUT2D eigenvalue weighted by Crippen LogP contribution is 2.66. The molecule has 0 amide bonds. The van der Waals surface area contributed by atoms with Crippen LogP contribution in [0.25, 0.3) is 6.08 Å². The zero-order chi connectivity index (χ0) is 20.1. The molecule has 146 valence electrons. The first-order valence-electron chi connectivity index (χ1n) is 8.52. The van der Waals surface area contributed by atoms with Crippen molar-refractivity contribution in [3.63, 3.8) is 0 Å². The minimum atomic E-state index is -1.82. The number of benzene rings is 1. The Morgan fingerprint density at radius 1 is 1.11 bits per heavy atom. The summed E-state index contributed by atoms with van der Waals surface area (Å²) in [6.45, 7) is 1.77. The van der Waals surface area contributed by atoms with Crippen molar-refractivity contribution < 1.29 is 28.5 Å². The van der Waals surface area contributed by atoms with Crippen LogP contribution in [0.5, 0.6) is 0 Å². The van der Waals surface area contributed by atoms with Crippen LogP contribution in [0.2, 0.25) is 0 Å². The largest absolute Gasteiger partial charge is 0.465 e. The molecule has 27 heavy (non-hydrogen) atoms. The summed E-state index contributed by atoms with van der Waals surface area (Å²) in [7, 11) is 5.48. The van der Waals surface area contributed by atoms with Crippen molar-refractivity contribution >= 4 is 12.0 Å². The normalized spacial score (nSPS) is 25.6. The summed E-state index contributed by atoms with van der Waals surface area (Å²) in [4.78, 5) is 12.9. The fourth-order valence-corrected chi connectivity index (χ4v) is 3.92. The molecule has 1 aromatic rings. The van der Waals surface area contributed by atoms with Gasteiger partial charge in [-0.2, -0.15) is 5.26 Å². The molecule has 2 rings (SSSR count). The molecule has 1 aliphatic rings. The number of esters is 1.